The Labute approximate surface area is 180 Å². The SMILES string of the molecule is CCC(CC)n1cc(-c2nc(/C(C=N)=C/NC3CC(C(N)=O)C3)cn3nccc23)cn1. The first kappa shape index (κ1) is 20.8. The summed E-state index contributed by atoms with van der Waals surface area (Å²) in [6, 6.07) is 2.45. The Morgan fingerprint density at radius 1 is 1.32 bits per heavy atom. The van der Waals surface area contributed by atoms with Crippen LogP contribution in [0, 0.1) is 11.3 Å². The standard InChI is InChI=1S/C22H28N8O/c1-3-18(4-2)29-12-16(11-27-29)21-20-5-6-26-30(20)13-19(28-21)15(9-23)10-25-17-7-14(8-17)22(24)31/h5-6,9-14,17-18,23,25H,3-4,7-8H2,1-2H3,(H2,24,31)/b15-10+,23-9?. The molecule has 3 aromatic rings. The van der Waals surface area contributed by atoms with Crippen LogP contribution in [0.1, 0.15) is 51.3 Å². The highest BCUT2D eigenvalue weighted by Crippen LogP contribution is 2.28. The summed E-state index contributed by atoms with van der Waals surface area (Å²) in [4.78, 5) is 16.1. The van der Waals surface area contributed by atoms with Crippen LogP contribution in [0.25, 0.3) is 22.3 Å². The Bertz CT molecular complexity index is 1120. The maximum Gasteiger partial charge on any atom is 0.220 e. The van der Waals surface area contributed by atoms with Crippen molar-refractivity contribution in [3.8, 4) is 11.3 Å². The van der Waals surface area contributed by atoms with E-state index in [-0.39, 0.29) is 17.9 Å². The molecule has 0 bridgehead atoms. The quantitative estimate of drug-likeness (QED) is 0.459. The van der Waals surface area contributed by atoms with E-state index >= 15 is 0 Å². The van der Waals surface area contributed by atoms with Gasteiger partial charge in [0.25, 0.3) is 0 Å². The fraction of sp³-hybridized carbons (Fsp3) is 0.409. The average molecular weight is 421 g/mol. The minimum atomic E-state index is -0.251. The van der Waals surface area contributed by atoms with Crippen molar-refractivity contribution in [3.63, 3.8) is 0 Å². The van der Waals surface area contributed by atoms with Gasteiger partial charge in [-0.3, -0.25) is 9.48 Å². The maximum absolute atomic E-state index is 11.2. The number of aromatic nitrogens is 5. The lowest BCUT2D eigenvalue weighted by Gasteiger charge is -2.33. The molecular formula is C22H28N8O. The number of hydrogen-bond acceptors (Lipinski definition) is 6. The van der Waals surface area contributed by atoms with Gasteiger partial charge < -0.3 is 16.5 Å². The van der Waals surface area contributed by atoms with Crippen molar-refractivity contribution >= 4 is 23.2 Å². The van der Waals surface area contributed by atoms with E-state index in [0.29, 0.717) is 30.2 Å². The monoisotopic (exact) mass is 420 g/mol. The van der Waals surface area contributed by atoms with Crippen molar-refractivity contribution in [1.82, 2.24) is 29.7 Å². The van der Waals surface area contributed by atoms with E-state index in [1.165, 1.54) is 6.21 Å². The second kappa shape index (κ2) is 8.71. The average Bonchev–Trinajstić information content (AvgIpc) is 3.39. The summed E-state index contributed by atoms with van der Waals surface area (Å²) in [6.45, 7) is 4.32. The third kappa shape index (κ3) is 4.08. The first-order valence-electron chi connectivity index (χ1n) is 10.7. The Morgan fingerprint density at radius 3 is 2.77 bits per heavy atom. The van der Waals surface area contributed by atoms with Crippen molar-refractivity contribution in [2.24, 2.45) is 11.7 Å². The van der Waals surface area contributed by atoms with Crippen molar-refractivity contribution in [2.75, 3.05) is 0 Å². The molecule has 0 atom stereocenters. The van der Waals surface area contributed by atoms with Crippen LogP contribution in [0.5, 0.6) is 0 Å². The van der Waals surface area contributed by atoms with Gasteiger partial charge in [-0.15, -0.1) is 0 Å². The molecule has 1 aliphatic rings. The molecule has 1 aliphatic carbocycles. The molecule has 3 aromatic heterocycles. The van der Waals surface area contributed by atoms with Crippen molar-refractivity contribution < 1.29 is 4.79 Å². The molecule has 1 fully saturated rings. The first-order chi connectivity index (χ1) is 15.0. The summed E-state index contributed by atoms with van der Waals surface area (Å²) in [6.07, 6.45) is 13.9. The molecule has 4 rings (SSSR count). The predicted octanol–water partition coefficient (Wildman–Crippen LogP) is 2.80. The number of primary amides is 1. The summed E-state index contributed by atoms with van der Waals surface area (Å²) in [5, 5.41) is 20.1. The molecule has 162 valence electrons. The first-order valence-corrected chi connectivity index (χ1v) is 10.7. The van der Waals surface area contributed by atoms with E-state index in [2.05, 4.69) is 29.4 Å². The van der Waals surface area contributed by atoms with Crippen LogP contribution in [0.2, 0.25) is 0 Å². The van der Waals surface area contributed by atoms with Crippen LogP contribution >= 0.6 is 0 Å². The highest BCUT2D eigenvalue weighted by molar-refractivity contribution is 6.07. The van der Waals surface area contributed by atoms with Gasteiger partial charge in [0.05, 0.1) is 41.5 Å². The molecule has 1 amide bonds. The molecule has 4 N–H and O–H groups in total. The topological polar surface area (TPSA) is 127 Å². The zero-order valence-electron chi connectivity index (χ0n) is 17.8. The van der Waals surface area contributed by atoms with Crippen LogP contribution in [-0.4, -0.2) is 42.5 Å². The van der Waals surface area contributed by atoms with E-state index in [4.69, 9.17) is 16.1 Å². The molecule has 9 heteroatoms. The number of allylic oxidation sites excluding steroid dienone is 1. The molecule has 31 heavy (non-hydrogen) atoms. The van der Waals surface area contributed by atoms with Crippen molar-refractivity contribution in [1.29, 1.82) is 5.41 Å². The molecule has 1 saturated carbocycles. The third-order valence-corrected chi connectivity index (χ3v) is 6.05. The van der Waals surface area contributed by atoms with Gasteiger partial charge in [-0.05, 0) is 31.7 Å². The van der Waals surface area contributed by atoms with Crippen LogP contribution < -0.4 is 11.1 Å². The Hall–Kier alpha value is -3.49. The second-order valence-corrected chi connectivity index (χ2v) is 7.99. The summed E-state index contributed by atoms with van der Waals surface area (Å²) in [5.41, 5.74) is 9.18. The number of nitrogens with zero attached hydrogens (tertiary/aromatic N) is 5. The van der Waals surface area contributed by atoms with E-state index in [0.717, 1.165) is 29.6 Å². The summed E-state index contributed by atoms with van der Waals surface area (Å²) in [5.74, 6) is -0.315. The van der Waals surface area contributed by atoms with Crippen LogP contribution in [0.4, 0.5) is 0 Å². The molecule has 0 radical (unpaired) electrons. The number of amides is 1. The van der Waals surface area contributed by atoms with E-state index in [1.54, 1.807) is 16.9 Å². The fourth-order valence-corrected chi connectivity index (χ4v) is 3.98. The molecule has 0 spiro atoms. The lowest BCUT2D eigenvalue weighted by Crippen LogP contribution is -2.44. The predicted molar refractivity (Wildman–Crippen MR) is 119 cm³/mol. The van der Waals surface area contributed by atoms with E-state index in [9.17, 15) is 4.79 Å². The molecule has 0 unspecified atom stereocenters. The highest BCUT2D eigenvalue weighted by Gasteiger charge is 2.32. The van der Waals surface area contributed by atoms with E-state index in [1.807, 2.05) is 29.3 Å². The van der Waals surface area contributed by atoms with Gasteiger partial charge in [0.15, 0.2) is 0 Å². The van der Waals surface area contributed by atoms with Gasteiger partial charge in [0.1, 0.15) is 0 Å². The van der Waals surface area contributed by atoms with Crippen LogP contribution in [0.15, 0.2) is 37.1 Å². The molecule has 0 aromatic carbocycles. The van der Waals surface area contributed by atoms with Gasteiger partial charge >= 0.3 is 0 Å². The summed E-state index contributed by atoms with van der Waals surface area (Å²) < 4.78 is 3.77. The van der Waals surface area contributed by atoms with Gasteiger partial charge in [-0.1, -0.05) is 13.8 Å². The number of rotatable bonds is 9. The lowest BCUT2D eigenvalue weighted by molar-refractivity contribution is -0.124. The maximum atomic E-state index is 11.2. The molecular weight excluding hydrogens is 392 g/mol. The number of fused-ring (bicyclic) bond motifs is 1. The number of hydrogen-bond donors (Lipinski definition) is 3. The molecule has 0 aliphatic heterocycles. The Morgan fingerprint density at radius 2 is 2.10 bits per heavy atom. The van der Waals surface area contributed by atoms with Crippen molar-refractivity contribution in [3.05, 3.63) is 42.7 Å². The van der Waals surface area contributed by atoms with E-state index < -0.39 is 0 Å². The minimum absolute atomic E-state index is 0.0638. The second-order valence-electron chi connectivity index (χ2n) is 7.99. The Kier molecular flexibility index (Phi) is 5.83. The fourth-order valence-electron chi connectivity index (χ4n) is 3.98. The van der Waals surface area contributed by atoms with Gasteiger partial charge in [0.2, 0.25) is 5.91 Å². The van der Waals surface area contributed by atoms with Crippen LogP contribution in [0.3, 0.4) is 0 Å². The smallest absolute Gasteiger partial charge is 0.220 e. The Balaban J connectivity index is 1.64. The molecule has 3 heterocycles. The van der Waals surface area contributed by atoms with Gasteiger partial charge in [0, 0.05) is 41.7 Å². The highest BCUT2D eigenvalue weighted by atomic mass is 16.1. The molecule has 0 saturated heterocycles. The normalized spacial score (nSPS) is 18.9. The summed E-state index contributed by atoms with van der Waals surface area (Å²) in [7, 11) is 0. The minimum Gasteiger partial charge on any atom is -0.388 e. The zero-order valence-corrected chi connectivity index (χ0v) is 17.8. The zero-order chi connectivity index (χ0) is 22.0. The third-order valence-electron chi connectivity index (χ3n) is 6.05. The molecule has 9 nitrogen and oxygen atoms in total. The van der Waals surface area contributed by atoms with Gasteiger partial charge in [-0.25, -0.2) is 9.50 Å². The van der Waals surface area contributed by atoms with Gasteiger partial charge in [-0.2, -0.15) is 10.2 Å². The number of nitrogens with two attached hydrogens (primary N) is 1. The number of nitrogens with one attached hydrogen (secondary N) is 2. The largest absolute Gasteiger partial charge is 0.388 e. The lowest BCUT2D eigenvalue weighted by atomic mass is 9.80. The number of carbonyl (C=O) groups excluding carboxylic acids is 1. The number of carbonyl (C=O) groups is 1. The van der Waals surface area contributed by atoms with Crippen molar-refractivity contribution in [2.45, 2.75) is 51.6 Å². The van der Waals surface area contributed by atoms with Crippen LogP contribution in [-0.2, 0) is 4.79 Å². The summed E-state index contributed by atoms with van der Waals surface area (Å²) >= 11 is 0.